The minimum absolute atomic E-state index is 0.125. The van der Waals surface area contributed by atoms with E-state index in [9.17, 15) is 5.11 Å². The normalized spacial score (nSPS) is 36.9. The summed E-state index contributed by atoms with van der Waals surface area (Å²) in [5, 5.41) is 11.1. The molecule has 0 bridgehead atoms. The molecule has 0 aromatic rings. The number of aliphatic hydroxyl groups is 1. The molecule has 3 saturated heterocycles. The molecule has 3 heterocycles. The van der Waals surface area contributed by atoms with Gasteiger partial charge in [0, 0.05) is 18.3 Å². The molecule has 12 heteroatoms. The molecule has 70 heavy (non-hydrogen) atoms. The Bertz CT molecular complexity index is 1470. The van der Waals surface area contributed by atoms with Crippen molar-refractivity contribution in [3.63, 3.8) is 0 Å². The second-order valence-corrected chi connectivity index (χ2v) is 24.7. The summed E-state index contributed by atoms with van der Waals surface area (Å²) in [6, 6.07) is 0. The van der Waals surface area contributed by atoms with Crippen LogP contribution in [-0.2, 0) is 52.1 Å². The number of ether oxygens (including phenoxy) is 11. The maximum absolute atomic E-state index is 11.1. The Morgan fingerprint density at radius 2 is 0.857 bits per heavy atom. The van der Waals surface area contributed by atoms with E-state index >= 15 is 0 Å². The summed E-state index contributed by atoms with van der Waals surface area (Å²) in [5.74, 6) is 1.77. The van der Waals surface area contributed by atoms with Crippen LogP contribution in [-0.4, -0.2) is 143 Å². The molecule has 0 aromatic carbocycles. The molecule has 7 rings (SSSR count). The molecule has 8 unspecified atom stereocenters. The summed E-state index contributed by atoms with van der Waals surface area (Å²) in [7, 11) is 0. The first-order valence-electron chi connectivity index (χ1n) is 29.2. The smallest absolute Gasteiger partial charge is 0.171 e. The molecule has 7 fully saturated rings. The van der Waals surface area contributed by atoms with E-state index in [1.54, 1.807) is 0 Å². The van der Waals surface area contributed by atoms with Crippen molar-refractivity contribution in [1.29, 1.82) is 0 Å². The van der Waals surface area contributed by atoms with E-state index in [1.807, 2.05) is 0 Å². The van der Waals surface area contributed by atoms with Crippen LogP contribution in [0.1, 0.15) is 204 Å². The van der Waals surface area contributed by atoms with Crippen molar-refractivity contribution in [3.8, 4) is 0 Å². The quantitative estimate of drug-likeness (QED) is 0.0644. The van der Waals surface area contributed by atoms with Gasteiger partial charge in [-0.2, -0.15) is 0 Å². The van der Waals surface area contributed by atoms with Crippen molar-refractivity contribution < 1.29 is 57.2 Å². The van der Waals surface area contributed by atoms with Crippen molar-refractivity contribution in [2.75, 3.05) is 66.1 Å². The van der Waals surface area contributed by atoms with E-state index in [-0.39, 0.29) is 34.4 Å². The van der Waals surface area contributed by atoms with Gasteiger partial charge in [-0.1, -0.05) is 41.5 Å². The zero-order valence-corrected chi connectivity index (χ0v) is 46.0. The molecule has 0 aromatic heterocycles. The largest absolute Gasteiger partial charge is 0.391 e. The second-order valence-electron chi connectivity index (χ2n) is 24.7. The van der Waals surface area contributed by atoms with Crippen molar-refractivity contribution >= 4 is 0 Å². The highest BCUT2D eigenvalue weighted by atomic mass is 16.7. The third-order valence-corrected chi connectivity index (χ3v) is 19.5. The van der Waals surface area contributed by atoms with Crippen LogP contribution in [0.3, 0.4) is 0 Å². The average Bonchev–Trinajstić information content (AvgIpc) is 4.33. The summed E-state index contributed by atoms with van der Waals surface area (Å²) in [4.78, 5) is 0. The van der Waals surface area contributed by atoms with Crippen LogP contribution in [0.25, 0.3) is 0 Å². The van der Waals surface area contributed by atoms with E-state index in [0.717, 1.165) is 175 Å². The topological polar surface area (TPSA) is 128 Å². The average molecular weight is 993 g/mol. The Morgan fingerprint density at radius 3 is 1.23 bits per heavy atom. The number of hydrogen-bond acceptors (Lipinski definition) is 12. The summed E-state index contributed by atoms with van der Waals surface area (Å²) >= 11 is 0. The minimum atomic E-state index is -0.535. The highest BCUT2D eigenvalue weighted by molar-refractivity contribution is 5.03. The van der Waals surface area contributed by atoms with Gasteiger partial charge in [0.25, 0.3) is 0 Å². The molecule has 3 aliphatic heterocycles. The lowest BCUT2D eigenvalue weighted by Crippen LogP contribution is -2.58. The molecule has 4 saturated carbocycles. The van der Waals surface area contributed by atoms with Gasteiger partial charge in [-0.05, 0) is 173 Å². The monoisotopic (exact) mass is 993 g/mol. The molecule has 7 aliphatic rings. The third kappa shape index (κ3) is 16.5. The lowest BCUT2D eigenvalue weighted by Gasteiger charge is -2.54. The Labute approximate surface area is 426 Å². The van der Waals surface area contributed by atoms with Crippen LogP contribution >= 0.6 is 0 Å². The molecule has 0 spiro atoms. The fourth-order valence-electron chi connectivity index (χ4n) is 12.4. The van der Waals surface area contributed by atoms with Crippen LogP contribution in [0, 0.1) is 29.1 Å². The standard InChI is InChI=1S/C58H104O12/c1-10-55(7,66-32-42-14-24-49(25-15-42)62-38-52-40-64-52)30-46(59)36-60-47-22-16-43(17-23-47)33-67-56(8,11-2)54(5,6)57(9,12-3)68-34-44-18-26-48(27-19-44)61-37-51-31-58(13-4,70-51)69-35-45-20-28-50(29-21-45)63-39-53-41-65-53/h42-53,59H,10-41H2,1-9H3. The number of aliphatic hydroxyl groups excluding tert-OH is 1. The molecule has 408 valence electrons. The zero-order chi connectivity index (χ0) is 49.8. The van der Waals surface area contributed by atoms with Gasteiger partial charge in [-0.25, -0.2) is 0 Å². The highest BCUT2D eigenvalue weighted by Gasteiger charge is 2.54. The first-order chi connectivity index (χ1) is 33.6. The predicted molar refractivity (Wildman–Crippen MR) is 273 cm³/mol. The van der Waals surface area contributed by atoms with Crippen molar-refractivity contribution in [1.82, 2.24) is 0 Å². The van der Waals surface area contributed by atoms with E-state index in [0.29, 0.717) is 73.8 Å². The Hall–Kier alpha value is -0.480. The summed E-state index contributed by atoms with van der Waals surface area (Å²) in [6.45, 7) is 27.8. The van der Waals surface area contributed by atoms with Gasteiger partial charge in [-0.3, -0.25) is 0 Å². The second kappa shape index (κ2) is 26.5. The molecule has 0 amide bonds. The number of rotatable bonds is 32. The van der Waals surface area contributed by atoms with Crippen LogP contribution < -0.4 is 0 Å². The Balaban J connectivity index is 0.737. The minimum Gasteiger partial charge on any atom is -0.391 e. The van der Waals surface area contributed by atoms with Crippen LogP contribution in [0.15, 0.2) is 0 Å². The molecular weight excluding hydrogens is 889 g/mol. The maximum Gasteiger partial charge on any atom is 0.171 e. The lowest BCUT2D eigenvalue weighted by atomic mass is 9.62. The van der Waals surface area contributed by atoms with Gasteiger partial charge in [0.15, 0.2) is 5.79 Å². The summed E-state index contributed by atoms with van der Waals surface area (Å²) in [6.07, 6.45) is 24.3. The Morgan fingerprint density at radius 1 is 0.486 bits per heavy atom. The lowest BCUT2D eigenvalue weighted by molar-refractivity contribution is -0.354. The molecule has 12 nitrogen and oxygen atoms in total. The first kappa shape index (κ1) is 57.2. The number of hydrogen-bond donors (Lipinski definition) is 1. The SMILES string of the molecule is CCC(C)(CC(O)COC1CCC(COC(C)(CC)C(C)(C)C(C)(CC)OCC2CCC(OCC3CC(CC)(OCC4CCC(OCC5CO5)CC4)O3)CC2)CC1)OCC1CCC(OCC2CO2)CC1. The maximum atomic E-state index is 11.1. The van der Waals surface area contributed by atoms with E-state index < -0.39 is 11.9 Å². The van der Waals surface area contributed by atoms with Crippen LogP contribution in [0.2, 0.25) is 0 Å². The van der Waals surface area contributed by atoms with E-state index in [4.69, 9.17) is 52.1 Å². The van der Waals surface area contributed by atoms with Crippen molar-refractivity contribution in [3.05, 3.63) is 0 Å². The predicted octanol–water partition coefficient (Wildman–Crippen LogP) is 11.3. The van der Waals surface area contributed by atoms with Crippen LogP contribution in [0.4, 0.5) is 0 Å². The molecular formula is C58H104O12. The van der Waals surface area contributed by atoms with E-state index in [1.165, 1.54) is 12.8 Å². The third-order valence-electron chi connectivity index (χ3n) is 19.5. The zero-order valence-electron chi connectivity index (χ0n) is 46.0. The van der Waals surface area contributed by atoms with Crippen LogP contribution in [0.5, 0.6) is 0 Å². The van der Waals surface area contributed by atoms with Gasteiger partial charge < -0.3 is 57.2 Å². The molecule has 0 radical (unpaired) electrons. The molecule has 4 aliphatic carbocycles. The number of epoxide rings is 2. The fourth-order valence-corrected chi connectivity index (χ4v) is 12.4. The summed E-state index contributed by atoms with van der Waals surface area (Å²) in [5.41, 5.74) is -1.23. The fraction of sp³-hybridized carbons (Fsp3) is 1.00. The van der Waals surface area contributed by atoms with E-state index in [2.05, 4.69) is 62.3 Å². The molecule has 1 N–H and O–H groups in total. The van der Waals surface area contributed by atoms with Gasteiger partial charge in [0.2, 0.25) is 0 Å². The van der Waals surface area contributed by atoms with Gasteiger partial charge >= 0.3 is 0 Å². The highest BCUT2D eigenvalue weighted by Crippen LogP contribution is 2.50. The van der Waals surface area contributed by atoms with Crippen molar-refractivity contribution in [2.45, 2.75) is 275 Å². The van der Waals surface area contributed by atoms with Gasteiger partial charge in [0.05, 0.1) is 119 Å². The molecule has 8 atom stereocenters. The first-order valence-corrected chi connectivity index (χ1v) is 29.2. The Kier molecular flexibility index (Phi) is 21.7. The van der Waals surface area contributed by atoms with Crippen molar-refractivity contribution in [2.24, 2.45) is 29.1 Å². The van der Waals surface area contributed by atoms with Gasteiger partial charge in [0.1, 0.15) is 12.2 Å². The van der Waals surface area contributed by atoms with Gasteiger partial charge in [-0.15, -0.1) is 0 Å². The summed E-state index contributed by atoms with van der Waals surface area (Å²) < 4.78 is 69.0.